The van der Waals surface area contributed by atoms with Gasteiger partial charge in [0.25, 0.3) is 5.91 Å². The highest BCUT2D eigenvalue weighted by Crippen LogP contribution is 2.34. The highest BCUT2D eigenvalue weighted by atomic mass is 16.5. The van der Waals surface area contributed by atoms with Crippen LogP contribution in [-0.4, -0.2) is 27.9 Å². The van der Waals surface area contributed by atoms with Gasteiger partial charge >= 0.3 is 0 Å². The van der Waals surface area contributed by atoms with Crippen LogP contribution in [0.15, 0.2) is 54.7 Å². The molecule has 6 heteroatoms. The van der Waals surface area contributed by atoms with Crippen LogP contribution in [0.3, 0.4) is 0 Å². The second kappa shape index (κ2) is 7.48. The van der Waals surface area contributed by atoms with Crippen molar-refractivity contribution in [2.24, 2.45) is 0 Å². The molecule has 2 aliphatic heterocycles. The Morgan fingerprint density at radius 3 is 2.61 bits per heavy atom. The fourth-order valence-electron chi connectivity index (χ4n) is 3.67. The molecule has 2 amide bonds. The van der Waals surface area contributed by atoms with E-state index in [9.17, 15) is 9.59 Å². The molecule has 0 saturated carbocycles. The van der Waals surface area contributed by atoms with Gasteiger partial charge in [-0.3, -0.25) is 9.59 Å². The molecule has 0 spiro atoms. The van der Waals surface area contributed by atoms with Crippen LogP contribution in [0.1, 0.15) is 39.9 Å². The number of nitrogens with zero attached hydrogens (tertiary/aromatic N) is 1. The Morgan fingerprint density at radius 2 is 1.89 bits per heavy atom. The van der Waals surface area contributed by atoms with E-state index < -0.39 is 6.04 Å². The minimum Gasteiger partial charge on any atom is -0.489 e. The molecule has 0 aliphatic carbocycles. The van der Waals surface area contributed by atoms with Gasteiger partial charge in [-0.2, -0.15) is 0 Å². The molecule has 1 fully saturated rings. The molecule has 0 bridgehead atoms. The van der Waals surface area contributed by atoms with Gasteiger partial charge in [0, 0.05) is 16.8 Å². The van der Waals surface area contributed by atoms with Crippen molar-refractivity contribution < 1.29 is 19.4 Å². The van der Waals surface area contributed by atoms with Gasteiger partial charge < -0.3 is 20.1 Å². The number of amides is 2. The molecule has 1 atom stereocenters. The normalized spacial score (nSPS) is 18.8. The van der Waals surface area contributed by atoms with E-state index in [0.29, 0.717) is 43.0 Å². The van der Waals surface area contributed by atoms with E-state index in [1.165, 1.54) is 0 Å². The number of hydrogen-bond donors (Lipinski definition) is 2. The predicted molar refractivity (Wildman–Crippen MR) is 103 cm³/mol. The number of benzene rings is 2. The first kappa shape index (κ1) is 18.3. The van der Waals surface area contributed by atoms with Gasteiger partial charge in [-0.05, 0) is 36.1 Å². The van der Waals surface area contributed by atoms with Gasteiger partial charge in [0.2, 0.25) is 5.91 Å². The lowest BCUT2D eigenvalue weighted by Crippen LogP contribution is -2.49. The van der Waals surface area contributed by atoms with E-state index in [-0.39, 0.29) is 18.4 Å². The molecule has 2 heterocycles. The second-order valence-corrected chi connectivity index (χ2v) is 7.13. The first-order chi connectivity index (χ1) is 13.6. The molecule has 2 aromatic carbocycles. The summed E-state index contributed by atoms with van der Waals surface area (Å²) in [5, 5.41) is 11.9. The number of piperidine rings is 1. The quantitative estimate of drug-likeness (QED) is 0.838. The van der Waals surface area contributed by atoms with Crippen LogP contribution in [0.5, 0.6) is 5.75 Å². The van der Waals surface area contributed by atoms with E-state index in [2.05, 4.69) is 11.9 Å². The highest BCUT2D eigenvalue weighted by Gasteiger charge is 2.39. The SMILES string of the molecule is C=C1CCC(N2Cc3c(OCc4ccc(CO)cc4)cccc3C2=O)C(=O)N1. The van der Waals surface area contributed by atoms with Gasteiger partial charge in [0.1, 0.15) is 18.4 Å². The number of aliphatic hydroxyl groups is 1. The molecule has 2 N–H and O–H groups in total. The molecular weight excluding hydrogens is 356 g/mol. The smallest absolute Gasteiger partial charge is 0.255 e. The number of ether oxygens (including phenoxy) is 1. The van der Waals surface area contributed by atoms with Crippen LogP contribution in [0.25, 0.3) is 0 Å². The fourth-order valence-corrected chi connectivity index (χ4v) is 3.67. The molecule has 144 valence electrons. The topological polar surface area (TPSA) is 78.9 Å². The Labute approximate surface area is 163 Å². The van der Waals surface area contributed by atoms with Crippen molar-refractivity contribution in [3.05, 3.63) is 77.0 Å². The largest absolute Gasteiger partial charge is 0.489 e. The van der Waals surface area contributed by atoms with Gasteiger partial charge in [0.15, 0.2) is 0 Å². The Bertz CT molecular complexity index is 936. The van der Waals surface area contributed by atoms with E-state index >= 15 is 0 Å². The Kier molecular flexibility index (Phi) is 4.88. The van der Waals surface area contributed by atoms with Crippen molar-refractivity contribution in [2.75, 3.05) is 0 Å². The van der Waals surface area contributed by atoms with Crippen molar-refractivity contribution in [3.8, 4) is 5.75 Å². The summed E-state index contributed by atoms with van der Waals surface area (Å²) in [6.45, 7) is 4.52. The zero-order valence-corrected chi connectivity index (χ0v) is 15.5. The summed E-state index contributed by atoms with van der Waals surface area (Å²) in [5.41, 5.74) is 3.92. The van der Waals surface area contributed by atoms with Gasteiger partial charge in [-0.15, -0.1) is 0 Å². The second-order valence-electron chi connectivity index (χ2n) is 7.13. The third-order valence-electron chi connectivity index (χ3n) is 5.25. The monoisotopic (exact) mass is 378 g/mol. The van der Waals surface area contributed by atoms with E-state index in [1.54, 1.807) is 17.0 Å². The summed E-state index contributed by atoms with van der Waals surface area (Å²) < 4.78 is 5.98. The summed E-state index contributed by atoms with van der Waals surface area (Å²) in [6, 6.07) is 12.5. The van der Waals surface area contributed by atoms with E-state index in [1.807, 2.05) is 30.3 Å². The lowest BCUT2D eigenvalue weighted by Gasteiger charge is -2.31. The summed E-state index contributed by atoms with van der Waals surface area (Å²) in [4.78, 5) is 26.8. The molecule has 4 rings (SSSR count). The summed E-state index contributed by atoms with van der Waals surface area (Å²) in [6.07, 6.45) is 1.25. The number of nitrogens with one attached hydrogen (secondary N) is 1. The van der Waals surface area contributed by atoms with E-state index in [0.717, 1.165) is 16.7 Å². The van der Waals surface area contributed by atoms with Crippen LogP contribution in [0.2, 0.25) is 0 Å². The number of allylic oxidation sites excluding steroid dienone is 1. The Balaban J connectivity index is 1.50. The number of hydrogen-bond acceptors (Lipinski definition) is 4. The predicted octanol–water partition coefficient (Wildman–Crippen LogP) is 2.51. The van der Waals surface area contributed by atoms with Crippen LogP contribution in [-0.2, 0) is 24.6 Å². The maximum absolute atomic E-state index is 12.9. The van der Waals surface area contributed by atoms with Crippen molar-refractivity contribution in [1.29, 1.82) is 0 Å². The van der Waals surface area contributed by atoms with Crippen molar-refractivity contribution in [1.82, 2.24) is 10.2 Å². The summed E-state index contributed by atoms with van der Waals surface area (Å²) >= 11 is 0. The average molecular weight is 378 g/mol. The zero-order valence-electron chi connectivity index (χ0n) is 15.5. The number of carbonyl (C=O) groups is 2. The summed E-state index contributed by atoms with van der Waals surface area (Å²) in [7, 11) is 0. The third-order valence-corrected chi connectivity index (χ3v) is 5.25. The lowest BCUT2D eigenvalue weighted by atomic mass is 10.0. The Hall–Kier alpha value is -3.12. The molecular formula is C22H22N2O4. The average Bonchev–Trinajstić information content (AvgIpc) is 3.04. The zero-order chi connectivity index (χ0) is 19.7. The maximum atomic E-state index is 12.9. The van der Waals surface area contributed by atoms with Gasteiger partial charge in [-0.25, -0.2) is 0 Å². The molecule has 0 radical (unpaired) electrons. The Morgan fingerprint density at radius 1 is 1.14 bits per heavy atom. The first-order valence-electron chi connectivity index (χ1n) is 9.30. The molecule has 6 nitrogen and oxygen atoms in total. The number of fused-ring (bicyclic) bond motifs is 1. The highest BCUT2D eigenvalue weighted by molar-refractivity contribution is 6.02. The van der Waals surface area contributed by atoms with Crippen molar-refractivity contribution in [3.63, 3.8) is 0 Å². The van der Waals surface area contributed by atoms with Crippen LogP contribution in [0, 0.1) is 0 Å². The minimum absolute atomic E-state index is 0.00731. The minimum atomic E-state index is -0.482. The van der Waals surface area contributed by atoms with Crippen LogP contribution in [0.4, 0.5) is 0 Å². The van der Waals surface area contributed by atoms with Crippen LogP contribution >= 0.6 is 0 Å². The standard InChI is InChI=1S/C22H22N2O4/c1-14-5-10-19(21(26)23-14)24-11-18-17(22(24)27)3-2-4-20(18)28-13-16-8-6-15(12-25)7-9-16/h2-4,6-9,19,25H,1,5,10-13H2,(H,23,26). The molecule has 2 aliphatic rings. The third kappa shape index (κ3) is 3.39. The number of rotatable bonds is 5. The molecule has 28 heavy (non-hydrogen) atoms. The van der Waals surface area contributed by atoms with E-state index in [4.69, 9.17) is 9.84 Å². The lowest BCUT2D eigenvalue weighted by molar-refractivity contribution is -0.126. The molecule has 1 unspecified atom stereocenters. The first-order valence-corrected chi connectivity index (χ1v) is 9.30. The number of aliphatic hydroxyl groups excluding tert-OH is 1. The fraction of sp³-hybridized carbons (Fsp3) is 0.273. The molecule has 2 aromatic rings. The maximum Gasteiger partial charge on any atom is 0.255 e. The molecule has 0 aromatic heterocycles. The van der Waals surface area contributed by atoms with Gasteiger partial charge in [-0.1, -0.05) is 36.9 Å². The molecule has 1 saturated heterocycles. The van der Waals surface area contributed by atoms with Gasteiger partial charge in [0.05, 0.1) is 13.2 Å². The van der Waals surface area contributed by atoms with Crippen LogP contribution < -0.4 is 10.1 Å². The van der Waals surface area contributed by atoms with Crippen molar-refractivity contribution >= 4 is 11.8 Å². The summed E-state index contributed by atoms with van der Waals surface area (Å²) in [5.74, 6) is 0.337. The van der Waals surface area contributed by atoms with Crippen molar-refractivity contribution in [2.45, 2.75) is 38.6 Å². The number of carbonyl (C=O) groups excluding carboxylic acids is 2.